The van der Waals surface area contributed by atoms with Crippen LogP contribution in [0.3, 0.4) is 0 Å². The van der Waals surface area contributed by atoms with Gasteiger partial charge in [-0.2, -0.15) is 0 Å². The van der Waals surface area contributed by atoms with Gasteiger partial charge in [0.25, 0.3) is 0 Å². The largest absolute Gasteiger partial charge is 0.271 e. The zero-order valence-electron chi connectivity index (χ0n) is 9.78. The Morgan fingerprint density at radius 3 is 2.83 bits per heavy atom. The van der Waals surface area contributed by atoms with Crippen molar-refractivity contribution in [3.8, 4) is 0 Å². The van der Waals surface area contributed by atoms with Crippen LogP contribution in [0.15, 0.2) is 28.2 Å². The van der Waals surface area contributed by atoms with Crippen molar-refractivity contribution in [2.45, 2.75) is 19.4 Å². The van der Waals surface area contributed by atoms with E-state index < -0.39 is 0 Å². The number of benzene rings is 1. The molecule has 0 aliphatic carbocycles. The molecule has 0 amide bonds. The summed E-state index contributed by atoms with van der Waals surface area (Å²) in [5.74, 6) is 5.33. The van der Waals surface area contributed by atoms with Gasteiger partial charge in [0.05, 0.1) is 17.2 Å². The standard InChI is InChI=1S/C12H13BrFN3S/c1-7-12(18-6-16-7)11(17-15)4-8-2-9(13)5-10(14)3-8/h2-3,5-6,11,17H,4,15H2,1H3. The Morgan fingerprint density at radius 2 is 2.28 bits per heavy atom. The Morgan fingerprint density at radius 1 is 1.50 bits per heavy atom. The zero-order chi connectivity index (χ0) is 13.1. The van der Waals surface area contributed by atoms with Crippen molar-refractivity contribution in [3.05, 3.63) is 50.1 Å². The summed E-state index contributed by atoms with van der Waals surface area (Å²) in [5, 5.41) is 0. The maximum Gasteiger partial charge on any atom is 0.124 e. The van der Waals surface area contributed by atoms with Crippen LogP contribution in [0.1, 0.15) is 22.2 Å². The van der Waals surface area contributed by atoms with Gasteiger partial charge in [-0.15, -0.1) is 11.3 Å². The topological polar surface area (TPSA) is 50.9 Å². The normalized spacial score (nSPS) is 12.7. The SMILES string of the molecule is Cc1ncsc1C(Cc1cc(F)cc(Br)c1)NN. The predicted molar refractivity (Wildman–Crippen MR) is 74.7 cm³/mol. The molecule has 1 aromatic carbocycles. The molecule has 18 heavy (non-hydrogen) atoms. The summed E-state index contributed by atoms with van der Waals surface area (Å²) >= 11 is 4.84. The van der Waals surface area contributed by atoms with Gasteiger partial charge in [-0.05, 0) is 37.1 Å². The molecule has 0 fully saturated rings. The van der Waals surface area contributed by atoms with E-state index in [9.17, 15) is 4.39 Å². The van der Waals surface area contributed by atoms with Crippen LogP contribution in [0.5, 0.6) is 0 Å². The summed E-state index contributed by atoms with van der Waals surface area (Å²) in [6.07, 6.45) is 0.621. The highest BCUT2D eigenvalue weighted by Gasteiger charge is 2.15. The molecule has 96 valence electrons. The highest BCUT2D eigenvalue weighted by Crippen LogP contribution is 2.26. The number of aromatic nitrogens is 1. The quantitative estimate of drug-likeness (QED) is 0.669. The van der Waals surface area contributed by atoms with E-state index in [0.717, 1.165) is 20.6 Å². The number of rotatable bonds is 4. The number of nitrogens with one attached hydrogen (secondary N) is 1. The Kier molecular flexibility index (Phi) is 4.45. The van der Waals surface area contributed by atoms with Gasteiger partial charge in [-0.25, -0.2) is 9.37 Å². The number of hydrazine groups is 1. The number of aryl methyl sites for hydroxylation is 1. The van der Waals surface area contributed by atoms with Crippen LogP contribution < -0.4 is 11.3 Å². The van der Waals surface area contributed by atoms with Crippen molar-refractivity contribution < 1.29 is 4.39 Å². The van der Waals surface area contributed by atoms with Crippen molar-refractivity contribution in [3.63, 3.8) is 0 Å². The third-order valence-electron chi connectivity index (χ3n) is 2.66. The fraction of sp³-hybridized carbons (Fsp3) is 0.250. The van der Waals surface area contributed by atoms with E-state index >= 15 is 0 Å². The Bertz CT molecular complexity index is 524. The zero-order valence-corrected chi connectivity index (χ0v) is 12.2. The van der Waals surface area contributed by atoms with Gasteiger partial charge in [-0.3, -0.25) is 11.3 Å². The third kappa shape index (κ3) is 3.14. The maximum absolute atomic E-state index is 13.3. The fourth-order valence-electron chi connectivity index (χ4n) is 1.84. The lowest BCUT2D eigenvalue weighted by molar-refractivity contribution is 0.553. The number of hydrogen-bond acceptors (Lipinski definition) is 4. The second-order valence-corrected chi connectivity index (χ2v) is 5.81. The van der Waals surface area contributed by atoms with Gasteiger partial charge in [0.15, 0.2) is 0 Å². The van der Waals surface area contributed by atoms with Crippen LogP contribution >= 0.6 is 27.3 Å². The molecule has 0 bridgehead atoms. The van der Waals surface area contributed by atoms with E-state index in [1.165, 1.54) is 12.1 Å². The summed E-state index contributed by atoms with van der Waals surface area (Å²) in [6.45, 7) is 1.94. The Labute approximate surface area is 117 Å². The molecular formula is C12H13BrFN3S. The second kappa shape index (κ2) is 5.88. The molecular weight excluding hydrogens is 317 g/mol. The fourth-order valence-corrected chi connectivity index (χ4v) is 3.21. The first kappa shape index (κ1) is 13.6. The first-order valence-electron chi connectivity index (χ1n) is 5.41. The van der Waals surface area contributed by atoms with Crippen molar-refractivity contribution in [2.24, 2.45) is 5.84 Å². The first-order chi connectivity index (χ1) is 8.60. The van der Waals surface area contributed by atoms with Crippen LogP contribution in [0.4, 0.5) is 4.39 Å². The average Bonchev–Trinajstić information content (AvgIpc) is 2.71. The van der Waals surface area contributed by atoms with Crippen molar-refractivity contribution in [2.75, 3.05) is 0 Å². The number of nitrogens with two attached hydrogens (primary N) is 1. The van der Waals surface area contributed by atoms with Gasteiger partial charge in [0.1, 0.15) is 5.82 Å². The molecule has 0 saturated heterocycles. The minimum atomic E-state index is -0.254. The highest BCUT2D eigenvalue weighted by molar-refractivity contribution is 9.10. The predicted octanol–water partition coefficient (Wildman–Crippen LogP) is 3.10. The van der Waals surface area contributed by atoms with E-state index in [0.29, 0.717) is 6.42 Å². The van der Waals surface area contributed by atoms with E-state index in [4.69, 9.17) is 5.84 Å². The van der Waals surface area contributed by atoms with Crippen LogP contribution in [0, 0.1) is 12.7 Å². The molecule has 2 rings (SSSR count). The molecule has 0 saturated carbocycles. The molecule has 0 aliphatic rings. The van der Waals surface area contributed by atoms with E-state index in [1.54, 1.807) is 16.8 Å². The van der Waals surface area contributed by atoms with Gasteiger partial charge < -0.3 is 0 Å². The molecule has 2 aromatic rings. The van der Waals surface area contributed by atoms with Crippen molar-refractivity contribution >= 4 is 27.3 Å². The maximum atomic E-state index is 13.3. The molecule has 1 atom stereocenters. The van der Waals surface area contributed by atoms with Gasteiger partial charge >= 0.3 is 0 Å². The summed E-state index contributed by atoms with van der Waals surface area (Å²) < 4.78 is 14.0. The summed E-state index contributed by atoms with van der Waals surface area (Å²) in [4.78, 5) is 5.28. The minimum Gasteiger partial charge on any atom is -0.271 e. The smallest absolute Gasteiger partial charge is 0.124 e. The van der Waals surface area contributed by atoms with Gasteiger partial charge in [-0.1, -0.05) is 15.9 Å². The Hall–Kier alpha value is -0.820. The molecule has 3 nitrogen and oxygen atoms in total. The van der Waals surface area contributed by atoms with E-state index in [-0.39, 0.29) is 11.9 Å². The van der Waals surface area contributed by atoms with E-state index in [1.807, 2.05) is 13.0 Å². The number of thiazole rings is 1. The van der Waals surface area contributed by atoms with Crippen LogP contribution in [0.25, 0.3) is 0 Å². The molecule has 1 unspecified atom stereocenters. The molecule has 0 radical (unpaired) electrons. The van der Waals surface area contributed by atoms with Crippen LogP contribution in [-0.4, -0.2) is 4.98 Å². The number of halogens is 2. The second-order valence-electron chi connectivity index (χ2n) is 4.00. The molecule has 0 aliphatic heterocycles. The number of hydrogen-bond donors (Lipinski definition) is 2. The van der Waals surface area contributed by atoms with Crippen molar-refractivity contribution in [1.82, 2.24) is 10.4 Å². The van der Waals surface area contributed by atoms with Gasteiger partial charge in [0.2, 0.25) is 0 Å². The van der Waals surface area contributed by atoms with Crippen LogP contribution in [-0.2, 0) is 6.42 Å². The average molecular weight is 330 g/mol. The van der Waals surface area contributed by atoms with Crippen molar-refractivity contribution in [1.29, 1.82) is 0 Å². The summed E-state index contributed by atoms with van der Waals surface area (Å²) in [6, 6.07) is 4.80. The van der Waals surface area contributed by atoms with Gasteiger partial charge in [0, 0.05) is 9.35 Å². The summed E-state index contributed by atoms with van der Waals surface area (Å²) in [5.41, 5.74) is 6.40. The minimum absolute atomic E-state index is 0.0498. The van der Waals surface area contributed by atoms with E-state index in [2.05, 4.69) is 26.3 Å². The molecule has 0 spiro atoms. The molecule has 6 heteroatoms. The molecule has 1 aromatic heterocycles. The molecule has 1 heterocycles. The van der Waals surface area contributed by atoms with Crippen LogP contribution in [0.2, 0.25) is 0 Å². The Balaban J connectivity index is 2.23. The monoisotopic (exact) mass is 329 g/mol. The lowest BCUT2D eigenvalue weighted by atomic mass is 10.0. The lowest BCUT2D eigenvalue weighted by Gasteiger charge is -2.15. The first-order valence-corrected chi connectivity index (χ1v) is 7.08. The highest BCUT2D eigenvalue weighted by atomic mass is 79.9. The number of nitrogens with zero attached hydrogens (tertiary/aromatic N) is 1. The lowest BCUT2D eigenvalue weighted by Crippen LogP contribution is -2.29. The third-order valence-corrected chi connectivity index (χ3v) is 4.16. The molecule has 3 N–H and O–H groups in total. The summed E-state index contributed by atoms with van der Waals surface area (Å²) in [7, 11) is 0.